The molecule has 10 heteroatoms. The van der Waals surface area contributed by atoms with Gasteiger partial charge in [0, 0.05) is 7.11 Å². The van der Waals surface area contributed by atoms with Gasteiger partial charge in [-0.3, -0.25) is 0 Å². The zero-order chi connectivity index (χ0) is 16.3. The van der Waals surface area contributed by atoms with Crippen LogP contribution in [-0.2, 0) is 23.7 Å². The van der Waals surface area contributed by atoms with Gasteiger partial charge in [-0.15, -0.1) is 0 Å². The Labute approximate surface area is 121 Å². The normalized spacial score (nSPS) is 17.2. The van der Waals surface area contributed by atoms with Crippen molar-refractivity contribution < 1.29 is 49.3 Å². The molecule has 0 aliphatic heterocycles. The molecule has 0 rings (SSSR count). The quantitative estimate of drug-likeness (QED) is 0.224. The number of methoxy groups -OCH3 is 1. The van der Waals surface area contributed by atoms with Crippen LogP contribution in [0.15, 0.2) is 0 Å². The number of ether oxygens (including phenoxy) is 4. The molecule has 4 atom stereocenters. The van der Waals surface area contributed by atoms with E-state index in [0.717, 1.165) is 0 Å². The second-order valence-electron chi connectivity index (χ2n) is 3.88. The molecule has 0 radical (unpaired) electrons. The van der Waals surface area contributed by atoms with Crippen molar-refractivity contribution in [3.05, 3.63) is 0 Å². The van der Waals surface area contributed by atoms with Gasteiger partial charge in [-0.1, -0.05) is 0 Å². The molecule has 0 saturated heterocycles. The van der Waals surface area contributed by atoms with Crippen molar-refractivity contribution >= 4 is 5.97 Å². The molecule has 0 aromatic heterocycles. The highest BCUT2D eigenvalue weighted by Crippen LogP contribution is 2.05. The minimum Gasteiger partial charge on any atom is -0.479 e. The molecule has 0 fully saturated rings. The zero-order valence-corrected chi connectivity index (χ0v) is 11.6. The highest BCUT2D eigenvalue weighted by molar-refractivity contribution is 5.72. The summed E-state index contributed by atoms with van der Waals surface area (Å²) in [6, 6.07) is 0. The van der Waals surface area contributed by atoms with Gasteiger partial charge in [0.2, 0.25) is 0 Å². The first kappa shape index (κ1) is 20.1. The first-order valence-electron chi connectivity index (χ1n) is 6.13. The van der Waals surface area contributed by atoms with Crippen LogP contribution in [0.5, 0.6) is 0 Å². The van der Waals surface area contributed by atoms with E-state index in [-0.39, 0.29) is 6.61 Å². The number of aliphatic hydroxyl groups excluding tert-OH is 4. The van der Waals surface area contributed by atoms with Crippen molar-refractivity contribution in [2.24, 2.45) is 0 Å². The Morgan fingerprint density at radius 2 is 1.57 bits per heavy atom. The summed E-state index contributed by atoms with van der Waals surface area (Å²) in [7, 11) is 1.30. The molecule has 0 aromatic carbocycles. The van der Waals surface area contributed by atoms with Crippen LogP contribution < -0.4 is 0 Å². The van der Waals surface area contributed by atoms with Gasteiger partial charge >= 0.3 is 5.97 Å². The fourth-order valence-corrected chi connectivity index (χ4v) is 1.24. The molecular formula is C11H22O10. The number of carboxylic acids is 1. The Kier molecular flexibility index (Phi) is 11.3. The van der Waals surface area contributed by atoms with E-state index in [2.05, 4.69) is 0 Å². The lowest BCUT2D eigenvalue weighted by Gasteiger charge is -2.24. The molecule has 21 heavy (non-hydrogen) atoms. The average molecular weight is 314 g/mol. The van der Waals surface area contributed by atoms with Crippen LogP contribution in [0, 0.1) is 0 Å². The summed E-state index contributed by atoms with van der Waals surface area (Å²) < 4.78 is 19.7. The van der Waals surface area contributed by atoms with E-state index in [9.17, 15) is 4.79 Å². The van der Waals surface area contributed by atoms with Crippen LogP contribution in [0.3, 0.4) is 0 Å². The molecule has 0 saturated carbocycles. The van der Waals surface area contributed by atoms with Crippen molar-refractivity contribution in [2.75, 3.05) is 40.1 Å². The van der Waals surface area contributed by atoms with E-state index in [1.807, 2.05) is 0 Å². The Morgan fingerprint density at radius 1 is 0.952 bits per heavy atom. The van der Waals surface area contributed by atoms with Crippen LogP contribution in [-0.4, -0.2) is 96.4 Å². The zero-order valence-electron chi connectivity index (χ0n) is 11.6. The Hall–Kier alpha value is -0.850. The van der Waals surface area contributed by atoms with E-state index < -0.39 is 57.2 Å². The summed E-state index contributed by atoms with van der Waals surface area (Å²) in [5, 5.41) is 44.5. The molecule has 5 N–H and O–H groups in total. The van der Waals surface area contributed by atoms with Crippen LogP contribution in [0.2, 0.25) is 0 Å². The molecule has 2 unspecified atom stereocenters. The summed E-state index contributed by atoms with van der Waals surface area (Å²) in [5.74, 6) is -1.41. The minimum absolute atomic E-state index is 0.251. The third kappa shape index (κ3) is 8.24. The number of hydrogen-bond donors (Lipinski definition) is 5. The highest BCUT2D eigenvalue weighted by Gasteiger charge is 2.24. The van der Waals surface area contributed by atoms with E-state index in [1.165, 1.54) is 7.11 Å². The standard InChI is InChI=1S/C11H22O10/c1-18-9(4-14)20-7(2-12)6-19-10(5-15)21-8(3-13)11(16)17/h7-10,12-15H,2-6H2,1H3,(H,16,17)/t7?,8?,9-,10-/m1/s1. The van der Waals surface area contributed by atoms with Crippen LogP contribution in [0.1, 0.15) is 0 Å². The van der Waals surface area contributed by atoms with Gasteiger partial charge in [-0.25, -0.2) is 4.79 Å². The van der Waals surface area contributed by atoms with Gasteiger partial charge in [0.05, 0.1) is 33.0 Å². The molecule has 0 aliphatic rings. The SMILES string of the molecule is CO[C@@H](CO)OC(CO)CO[C@@H](CO)OC(CO)C(=O)O. The summed E-state index contributed by atoms with van der Waals surface area (Å²) in [5.41, 5.74) is 0. The summed E-state index contributed by atoms with van der Waals surface area (Å²) >= 11 is 0. The highest BCUT2D eigenvalue weighted by atomic mass is 16.7. The topological polar surface area (TPSA) is 155 Å². The Balaban J connectivity index is 4.31. The maximum absolute atomic E-state index is 10.7. The van der Waals surface area contributed by atoms with Crippen molar-refractivity contribution in [2.45, 2.75) is 24.8 Å². The van der Waals surface area contributed by atoms with E-state index in [4.69, 9.17) is 44.5 Å². The molecule has 0 bridgehead atoms. The Bertz CT molecular complexity index is 270. The van der Waals surface area contributed by atoms with Gasteiger partial charge in [-0.05, 0) is 0 Å². The molecule has 0 amide bonds. The fourth-order valence-electron chi connectivity index (χ4n) is 1.24. The lowest BCUT2D eigenvalue weighted by Crippen LogP contribution is -2.38. The monoisotopic (exact) mass is 314 g/mol. The first-order valence-corrected chi connectivity index (χ1v) is 6.13. The Morgan fingerprint density at radius 3 is 1.95 bits per heavy atom. The third-order valence-electron chi connectivity index (χ3n) is 2.33. The number of carbonyl (C=O) groups is 1. The molecule has 0 aromatic rings. The predicted octanol–water partition coefficient (Wildman–Crippen LogP) is -2.87. The predicted molar refractivity (Wildman–Crippen MR) is 66.3 cm³/mol. The molecule has 126 valence electrons. The van der Waals surface area contributed by atoms with E-state index in [0.29, 0.717) is 0 Å². The van der Waals surface area contributed by atoms with Gasteiger partial charge in [0.1, 0.15) is 6.10 Å². The largest absolute Gasteiger partial charge is 0.479 e. The van der Waals surface area contributed by atoms with Gasteiger partial charge in [-0.2, -0.15) is 0 Å². The fraction of sp³-hybridized carbons (Fsp3) is 0.909. The second kappa shape index (κ2) is 11.8. The number of aliphatic carboxylic acids is 1. The number of aliphatic hydroxyl groups is 4. The molecule has 10 nitrogen and oxygen atoms in total. The van der Waals surface area contributed by atoms with Crippen LogP contribution in [0.25, 0.3) is 0 Å². The van der Waals surface area contributed by atoms with E-state index in [1.54, 1.807) is 0 Å². The molecule has 0 heterocycles. The summed E-state index contributed by atoms with van der Waals surface area (Å²) in [6.07, 6.45) is -4.69. The number of rotatable bonds is 13. The minimum atomic E-state index is -1.54. The van der Waals surface area contributed by atoms with Crippen LogP contribution >= 0.6 is 0 Å². The summed E-state index contributed by atoms with van der Waals surface area (Å²) in [6.45, 7) is -2.58. The maximum atomic E-state index is 10.7. The van der Waals surface area contributed by atoms with Gasteiger partial charge in [0.25, 0.3) is 0 Å². The summed E-state index contributed by atoms with van der Waals surface area (Å²) in [4.78, 5) is 10.7. The molecular weight excluding hydrogens is 292 g/mol. The first-order chi connectivity index (χ1) is 10.0. The molecule has 0 aliphatic carbocycles. The van der Waals surface area contributed by atoms with Crippen molar-refractivity contribution in [1.29, 1.82) is 0 Å². The smallest absolute Gasteiger partial charge is 0.335 e. The van der Waals surface area contributed by atoms with Crippen molar-refractivity contribution in [3.8, 4) is 0 Å². The average Bonchev–Trinajstić information content (AvgIpc) is 2.50. The van der Waals surface area contributed by atoms with Crippen molar-refractivity contribution in [1.82, 2.24) is 0 Å². The van der Waals surface area contributed by atoms with Crippen LogP contribution in [0.4, 0.5) is 0 Å². The lowest BCUT2D eigenvalue weighted by molar-refractivity contribution is -0.235. The molecule has 0 spiro atoms. The lowest BCUT2D eigenvalue weighted by atomic mass is 10.4. The van der Waals surface area contributed by atoms with Gasteiger partial charge in [0.15, 0.2) is 18.7 Å². The number of carboxylic acid groups (broad SMARTS) is 1. The maximum Gasteiger partial charge on any atom is 0.335 e. The van der Waals surface area contributed by atoms with E-state index >= 15 is 0 Å². The van der Waals surface area contributed by atoms with Crippen molar-refractivity contribution in [3.63, 3.8) is 0 Å². The second-order valence-corrected chi connectivity index (χ2v) is 3.88. The third-order valence-corrected chi connectivity index (χ3v) is 2.33. The van der Waals surface area contributed by atoms with Gasteiger partial charge < -0.3 is 44.5 Å². The number of hydrogen-bond acceptors (Lipinski definition) is 9.